The third-order valence-corrected chi connectivity index (χ3v) is 4.52. The van der Waals surface area contributed by atoms with E-state index in [0.717, 1.165) is 19.3 Å². The molecule has 0 aliphatic carbocycles. The molecule has 0 amide bonds. The summed E-state index contributed by atoms with van der Waals surface area (Å²) >= 11 is 0. The molecule has 0 bridgehead atoms. The van der Waals surface area contributed by atoms with E-state index in [0.29, 0.717) is 25.7 Å². The second-order valence-electron chi connectivity index (χ2n) is 6.83. The lowest BCUT2D eigenvalue weighted by atomic mass is 9.87. The summed E-state index contributed by atoms with van der Waals surface area (Å²) in [5.41, 5.74) is 0. The predicted octanol–water partition coefficient (Wildman–Crippen LogP) is 2.98. The summed E-state index contributed by atoms with van der Waals surface area (Å²) in [6.45, 7) is 2.10. The number of ether oxygens (including phenoxy) is 1. The van der Waals surface area contributed by atoms with E-state index in [-0.39, 0.29) is 18.8 Å². The van der Waals surface area contributed by atoms with Crippen LogP contribution in [0.1, 0.15) is 64.7 Å². The predicted molar refractivity (Wildman–Crippen MR) is 98.5 cm³/mol. The molecule has 0 radical (unpaired) electrons. The Bertz CT molecular complexity index is 485. The molecule has 26 heavy (non-hydrogen) atoms. The topological polar surface area (TPSA) is 104 Å². The van der Waals surface area contributed by atoms with Crippen molar-refractivity contribution < 1.29 is 29.6 Å². The van der Waals surface area contributed by atoms with Gasteiger partial charge in [-0.1, -0.05) is 44.4 Å². The highest BCUT2D eigenvalue weighted by Gasteiger charge is 2.35. The van der Waals surface area contributed by atoms with Crippen molar-refractivity contribution >= 4 is 11.9 Å². The van der Waals surface area contributed by atoms with Gasteiger partial charge in [-0.3, -0.25) is 9.59 Å². The van der Waals surface area contributed by atoms with Gasteiger partial charge in [0.15, 0.2) is 0 Å². The molecule has 6 heteroatoms. The van der Waals surface area contributed by atoms with Crippen molar-refractivity contribution in [2.75, 3.05) is 0 Å². The number of cyclic esters (lactones) is 1. The van der Waals surface area contributed by atoms with Gasteiger partial charge in [0, 0.05) is 12.3 Å². The minimum atomic E-state index is -0.810. The molecule has 1 fully saturated rings. The fourth-order valence-corrected chi connectivity index (χ4v) is 2.98. The highest BCUT2D eigenvalue weighted by molar-refractivity contribution is 5.71. The van der Waals surface area contributed by atoms with Crippen LogP contribution in [0.2, 0.25) is 0 Å². The number of carbonyl (C=O) groups excluding carboxylic acids is 1. The second-order valence-corrected chi connectivity index (χ2v) is 6.83. The number of esters is 1. The van der Waals surface area contributed by atoms with Crippen LogP contribution in [0.3, 0.4) is 0 Å². The summed E-state index contributed by atoms with van der Waals surface area (Å²) < 4.78 is 5.35. The third kappa shape index (κ3) is 9.15. The molecule has 4 atom stereocenters. The highest BCUT2D eigenvalue weighted by atomic mass is 16.5. The molecule has 0 aromatic heterocycles. The zero-order valence-electron chi connectivity index (χ0n) is 15.5. The van der Waals surface area contributed by atoms with E-state index in [2.05, 4.69) is 6.92 Å². The first-order chi connectivity index (χ1) is 12.4. The van der Waals surface area contributed by atoms with E-state index in [1.54, 1.807) is 12.2 Å². The molecule has 0 aromatic carbocycles. The summed E-state index contributed by atoms with van der Waals surface area (Å²) in [6.07, 6.45) is 10.8. The lowest BCUT2D eigenvalue weighted by Gasteiger charge is -2.32. The standard InChI is InChI=1S/C20H32O6/c1-2-3-6-9-15(21)12-13-18-16(17(22)14-20(25)26-18)10-7-4-5-8-11-19(23)24/h4,7,12-13,15-18,21-22H,2-3,5-6,8-11,14H2,1H3,(H,23,24)/b7-4-,13-12+/t15-,16?,17-,18+/m0/s1. The summed E-state index contributed by atoms with van der Waals surface area (Å²) in [6, 6.07) is 0. The lowest BCUT2D eigenvalue weighted by molar-refractivity contribution is -0.163. The number of carbonyl (C=O) groups is 2. The Morgan fingerprint density at radius 1 is 1.31 bits per heavy atom. The number of rotatable bonds is 12. The van der Waals surface area contributed by atoms with Crippen LogP contribution in [-0.4, -0.2) is 45.6 Å². The van der Waals surface area contributed by atoms with E-state index in [1.165, 1.54) is 0 Å². The Labute approximate surface area is 155 Å². The number of hydrogen-bond donors (Lipinski definition) is 3. The van der Waals surface area contributed by atoms with Crippen LogP contribution in [0.5, 0.6) is 0 Å². The van der Waals surface area contributed by atoms with E-state index in [9.17, 15) is 19.8 Å². The van der Waals surface area contributed by atoms with Crippen molar-refractivity contribution in [3.05, 3.63) is 24.3 Å². The molecule has 0 saturated carbocycles. The number of unbranched alkanes of at least 4 members (excludes halogenated alkanes) is 3. The first kappa shape index (κ1) is 22.4. The van der Waals surface area contributed by atoms with Gasteiger partial charge in [-0.05, 0) is 31.8 Å². The van der Waals surface area contributed by atoms with Crippen LogP contribution in [0, 0.1) is 5.92 Å². The van der Waals surface area contributed by atoms with Gasteiger partial charge >= 0.3 is 11.9 Å². The number of aliphatic hydroxyl groups excluding tert-OH is 2. The van der Waals surface area contributed by atoms with Crippen LogP contribution < -0.4 is 0 Å². The maximum absolute atomic E-state index is 11.6. The first-order valence-electron chi connectivity index (χ1n) is 9.54. The number of hydrogen-bond acceptors (Lipinski definition) is 5. The molecule has 1 saturated heterocycles. The molecular formula is C20H32O6. The van der Waals surface area contributed by atoms with E-state index >= 15 is 0 Å². The van der Waals surface area contributed by atoms with Gasteiger partial charge in [-0.2, -0.15) is 0 Å². The van der Waals surface area contributed by atoms with Crippen molar-refractivity contribution in [3.8, 4) is 0 Å². The van der Waals surface area contributed by atoms with Gasteiger partial charge in [0.2, 0.25) is 0 Å². The van der Waals surface area contributed by atoms with Gasteiger partial charge in [0.1, 0.15) is 6.10 Å². The molecule has 1 heterocycles. The largest absolute Gasteiger partial charge is 0.481 e. The van der Waals surface area contributed by atoms with Gasteiger partial charge in [0.05, 0.1) is 18.6 Å². The fraction of sp³-hybridized carbons (Fsp3) is 0.700. The Balaban J connectivity index is 2.54. The molecule has 1 rings (SSSR count). The average Bonchev–Trinajstić information content (AvgIpc) is 2.57. The summed E-state index contributed by atoms with van der Waals surface area (Å²) in [5, 5.41) is 28.8. The van der Waals surface area contributed by atoms with Crippen LogP contribution in [-0.2, 0) is 14.3 Å². The van der Waals surface area contributed by atoms with Crippen molar-refractivity contribution in [1.29, 1.82) is 0 Å². The fourth-order valence-electron chi connectivity index (χ4n) is 2.98. The Morgan fingerprint density at radius 3 is 2.77 bits per heavy atom. The molecule has 1 aliphatic heterocycles. The Kier molecular flexibility index (Phi) is 10.9. The quantitative estimate of drug-likeness (QED) is 0.278. The normalized spacial score (nSPS) is 24.9. The summed E-state index contributed by atoms with van der Waals surface area (Å²) in [4.78, 5) is 22.1. The SMILES string of the molecule is CCCCC[C@H](O)/C=C/[C@H]1OC(=O)C[C@H](O)C1C/C=C\CCCC(=O)O. The van der Waals surface area contributed by atoms with Crippen LogP contribution >= 0.6 is 0 Å². The highest BCUT2D eigenvalue weighted by Crippen LogP contribution is 2.27. The maximum atomic E-state index is 11.6. The summed E-state index contributed by atoms with van der Waals surface area (Å²) in [5.74, 6) is -1.51. The molecule has 1 aliphatic rings. The zero-order chi connectivity index (χ0) is 19.4. The molecule has 148 valence electrons. The van der Waals surface area contributed by atoms with Crippen molar-refractivity contribution in [3.63, 3.8) is 0 Å². The molecule has 0 aromatic rings. The number of aliphatic carboxylic acids is 1. The number of carboxylic acids is 1. The van der Waals surface area contributed by atoms with Crippen molar-refractivity contribution in [1.82, 2.24) is 0 Å². The smallest absolute Gasteiger partial charge is 0.309 e. The molecule has 6 nitrogen and oxygen atoms in total. The van der Waals surface area contributed by atoms with Crippen LogP contribution in [0.25, 0.3) is 0 Å². The van der Waals surface area contributed by atoms with E-state index < -0.39 is 30.3 Å². The molecule has 1 unspecified atom stereocenters. The van der Waals surface area contributed by atoms with Gasteiger partial charge in [-0.15, -0.1) is 0 Å². The average molecular weight is 368 g/mol. The third-order valence-electron chi connectivity index (χ3n) is 4.52. The molecule has 0 spiro atoms. The summed E-state index contributed by atoms with van der Waals surface area (Å²) in [7, 11) is 0. The Morgan fingerprint density at radius 2 is 2.08 bits per heavy atom. The van der Waals surface area contributed by atoms with Crippen LogP contribution in [0.15, 0.2) is 24.3 Å². The maximum Gasteiger partial charge on any atom is 0.309 e. The van der Waals surface area contributed by atoms with E-state index in [4.69, 9.17) is 9.84 Å². The number of aliphatic hydroxyl groups is 2. The zero-order valence-corrected chi connectivity index (χ0v) is 15.5. The molecule has 3 N–H and O–H groups in total. The number of allylic oxidation sites excluding steroid dienone is 2. The minimum Gasteiger partial charge on any atom is -0.481 e. The van der Waals surface area contributed by atoms with Crippen LogP contribution in [0.4, 0.5) is 0 Å². The first-order valence-corrected chi connectivity index (χ1v) is 9.54. The second kappa shape index (κ2) is 12.7. The monoisotopic (exact) mass is 368 g/mol. The lowest BCUT2D eigenvalue weighted by Crippen LogP contribution is -2.41. The molecular weight excluding hydrogens is 336 g/mol. The van der Waals surface area contributed by atoms with E-state index in [1.807, 2.05) is 12.2 Å². The van der Waals surface area contributed by atoms with Gasteiger partial charge in [-0.25, -0.2) is 0 Å². The van der Waals surface area contributed by atoms with Crippen molar-refractivity contribution in [2.24, 2.45) is 5.92 Å². The minimum absolute atomic E-state index is 0.0269. The van der Waals surface area contributed by atoms with Gasteiger partial charge in [0.25, 0.3) is 0 Å². The number of carboxylic acid groups (broad SMARTS) is 1. The Hall–Kier alpha value is -1.66. The van der Waals surface area contributed by atoms with Crippen molar-refractivity contribution in [2.45, 2.75) is 83.0 Å². The van der Waals surface area contributed by atoms with Gasteiger partial charge < -0.3 is 20.1 Å².